The van der Waals surface area contributed by atoms with Gasteiger partial charge < -0.3 is 14.4 Å². The molecule has 1 aromatic heterocycles. The van der Waals surface area contributed by atoms with E-state index in [2.05, 4.69) is 9.97 Å². The van der Waals surface area contributed by atoms with Gasteiger partial charge in [-0.2, -0.15) is 5.26 Å². The lowest BCUT2D eigenvalue weighted by Crippen LogP contribution is -2.37. The van der Waals surface area contributed by atoms with E-state index in [4.69, 9.17) is 14.7 Å². The number of carbonyl (C=O) groups excluding carboxylic acids is 1. The van der Waals surface area contributed by atoms with Crippen molar-refractivity contribution in [3.63, 3.8) is 0 Å². The summed E-state index contributed by atoms with van der Waals surface area (Å²) in [5.74, 6) is 0.177. The van der Waals surface area contributed by atoms with E-state index in [1.165, 1.54) is 18.0 Å². The highest BCUT2D eigenvalue weighted by Gasteiger charge is 2.35. The zero-order chi connectivity index (χ0) is 17.9. The average Bonchev–Trinajstić information content (AvgIpc) is 3.16. The van der Waals surface area contributed by atoms with Crippen molar-refractivity contribution in [3.8, 4) is 11.9 Å². The molecule has 2 aliphatic heterocycles. The van der Waals surface area contributed by atoms with Gasteiger partial charge in [0.05, 0.1) is 13.2 Å². The maximum Gasteiger partial charge on any atom is 0.256 e. The highest BCUT2D eigenvalue weighted by Crippen LogP contribution is 2.30. The SMILES string of the molecule is N#Cc1nccnc1OC1CCN(C(=O)C2OCCc3ccccc32)C1. The van der Waals surface area contributed by atoms with Crippen LogP contribution in [0.2, 0.25) is 0 Å². The van der Waals surface area contributed by atoms with E-state index >= 15 is 0 Å². The molecule has 0 saturated carbocycles. The molecule has 26 heavy (non-hydrogen) atoms. The molecule has 132 valence electrons. The summed E-state index contributed by atoms with van der Waals surface area (Å²) < 4.78 is 11.6. The van der Waals surface area contributed by atoms with Crippen molar-refractivity contribution >= 4 is 5.91 Å². The molecular formula is C19H18N4O3. The van der Waals surface area contributed by atoms with Crippen LogP contribution in [0.15, 0.2) is 36.7 Å². The third kappa shape index (κ3) is 3.11. The van der Waals surface area contributed by atoms with Crippen LogP contribution in [0.4, 0.5) is 0 Å². The monoisotopic (exact) mass is 350 g/mol. The van der Waals surface area contributed by atoms with E-state index < -0.39 is 6.10 Å². The van der Waals surface area contributed by atoms with Crippen molar-refractivity contribution in [2.75, 3.05) is 19.7 Å². The molecule has 1 aromatic carbocycles. The van der Waals surface area contributed by atoms with Crippen LogP contribution in [0.25, 0.3) is 0 Å². The zero-order valence-electron chi connectivity index (χ0n) is 14.2. The second kappa shape index (κ2) is 7.10. The van der Waals surface area contributed by atoms with Crippen LogP contribution in [-0.2, 0) is 16.0 Å². The van der Waals surface area contributed by atoms with Crippen molar-refractivity contribution in [2.45, 2.75) is 25.0 Å². The van der Waals surface area contributed by atoms with Gasteiger partial charge in [-0.1, -0.05) is 24.3 Å². The number of ether oxygens (including phenoxy) is 2. The molecule has 0 bridgehead atoms. The van der Waals surface area contributed by atoms with E-state index in [0.717, 1.165) is 12.0 Å². The summed E-state index contributed by atoms with van der Waals surface area (Å²) in [6, 6.07) is 9.89. The van der Waals surface area contributed by atoms with Gasteiger partial charge in [-0.3, -0.25) is 4.79 Å². The number of carbonyl (C=O) groups is 1. The largest absolute Gasteiger partial charge is 0.470 e. The van der Waals surface area contributed by atoms with Crippen LogP contribution >= 0.6 is 0 Å². The predicted molar refractivity (Wildman–Crippen MR) is 91.2 cm³/mol. The highest BCUT2D eigenvalue weighted by molar-refractivity contribution is 5.83. The van der Waals surface area contributed by atoms with Crippen molar-refractivity contribution < 1.29 is 14.3 Å². The fourth-order valence-electron chi connectivity index (χ4n) is 3.43. The fourth-order valence-corrected chi connectivity index (χ4v) is 3.43. The Morgan fingerprint density at radius 3 is 3.04 bits per heavy atom. The molecule has 2 unspecified atom stereocenters. The lowest BCUT2D eigenvalue weighted by atomic mass is 9.97. The molecule has 1 saturated heterocycles. The van der Waals surface area contributed by atoms with Gasteiger partial charge in [0.15, 0.2) is 6.10 Å². The third-order valence-corrected chi connectivity index (χ3v) is 4.72. The summed E-state index contributed by atoms with van der Waals surface area (Å²) in [5, 5.41) is 9.08. The lowest BCUT2D eigenvalue weighted by Gasteiger charge is -2.28. The molecule has 1 amide bonds. The predicted octanol–water partition coefficient (Wildman–Crippen LogP) is 1.64. The third-order valence-electron chi connectivity index (χ3n) is 4.72. The quantitative estimate of drug-likeness (QED) is 0.836. The fraction of sp³-hybridized carbons (Fsp3) is 0.368. The molecule has 0 N–H and O–H groups in total. The van der Waals surface area contributed by atoms with Gasteiger partial charge in [-0.25, -0.2) is 9.97 Å². The molecule has 0 spiro atoms. The normalized spacial score (nSPS) is 21.7. The van der Waals surface area contributed by atoms with Crippen molar-refractivity contribution in [1.82, 2.24) is 14.9 Å². The number of likely N-dealkylation sites (tertiary alicyclic amines) is 1. The van der Waals surface area contributed by atoms with Crippen LogP contribution in [0, 0.1) is 11.3 Å². The van der Waals surface area contributed by atoms with Crippen LogP contribution in [0.5, 0.6) is 5.88 Å². The van der Waals surface area contributed by atoms with Crippen LogP contribution < -0.4 is 4.74 Å². The van der Waals surface area contributed by atoms with Crippen LogP contribution in [-0.4, -0.2) is 46.6 Å². The first-order valence-corrected chi connectivity index (χ1v) is 8.62. The molecule has 4 rings (SSSR count). The number of benzene rings is 1. The minimum atomic E-state index is -0.551. The van der Waals surface area contributed by atoms with Crippen LogP contribution in [0.3, 0.4) is 0 Å². The van der Waals surface area contributed by atoms with Gasteiger partial charge in [-0.05, 0) is 17.5 Å². The molecule has 2 aromatic rings. The molecule has 0 radical (unpaired) electrons. The number of nitrogens with zero attached hydrogens (tertiary/aromatic N) is 4. The Morgan fingerprint density at radius 2 is 2.15 bits per heavy atom. The molecule has 0 aliphatic carbocycles. The Hall–Kier alpha value is -2.98. The lowest BCUT2D eigenvalue weighted by molar-refractivity contribution is -0.144. The zero-order valence-corrected chi connectivity index (χ0v) is 14.2. The Morgan fingerprint density at radius 1 is 1.31 bits per heavy atom. The number of amides is 1. The van der Waals surface area contributed by atoms with Gasteiger partial charge >= 0.3 is 0 Å². The maximum absolute atomic E-state index is 12.9. The Labute approximate surface area is 151 Å². The Balaban J connectivity index is 1.45. The van der Waals surface area contributed by atoms with Gasteiger partial charge in [0, 0.05) is 25.4 Å². The summed E-state index contributed by atoms with van der Waals surface area (Å²) >= 11 is 0. The van der Waals surface area contributed by atoms with Crippen molar-refractivity contribution in [2.24, 2.45) is 0 Å². The molecule has 3 heterocycles. The number of aromatic nitrogens is 2. The molecule has 2 atom stereocenters. The molecule has 2 aliphatic rings. The van der Waals surface area contributed by atoms with Gasteiger partial charge in [0.25, 0.3) is 11.8 Å². The van der Waals surface area contributed by atoms with Crippen LogP contribution in [0.1, 0.15) is 29.3 Å². The highest BCUT2D eigenvalue weighted by atomic mass is 16.5. The molecular weight excluding hydrogens is 332 g/mol. The van der Waals surface area contributed by atoms with Gasteiger partial charge in [-0.15, -0.1) is 0 Å². The van der Waals surface area contributed by atoms with E-state index in [0.29, 0.717) is 26.1 Å². The van der Waals surface area contributed by atoms with E-state index in [1.807, 2.05) is 30.3 Å². The summed E-state index contributed by atoms with van der Waals surface area (Å²) in [6.45, 7) is 1.59. The summed E-state index contributed by atoms with van der Waals surface area (Å²) in [4.78, 5) is 22.7. The topological polar surface area (TPSA) is 88.3 Å². The maximum atomic E-state index is 12.9. The minimum absolute atomic E-state index is 0.0390. The van der Waals surface area contributed by atoms with Gasteiger partial charge in [0.1, 0.15) is 12.2 Å². The van der Waals surface area contributed by atoms with Gasteiger partial charge in [0.2, 0.25) is 5.69 Å². The minimum Gasteiger partial charge on any atom is -0.470 e. The van der Waals surface area contributed by atoms with E-state index in [9.17, 15) is 4.79 Å². The summed E-state index contributed by atoms with van der Waals surface area (Å²) in [5.41, 5.74) is 2.28. The molecule has 7 nitrogen and oxygen atoms in total. The first-order valence-electron chi connectivity index (χ1n) is 8.62. The number of fused-ring (bicyclic) bond motifs is 1. The standard InChI is InChI=1S/C19H18N4O3/c20-11-16-18(22-8-7-21-16)26-14-5-9-23(12-14)19(24)17-15-4-2-1-3-13(15)6-10-25-17/h1-4,7-8,14,17H,5-6,9-10,12H2. The molecule has 1 fully saturated rings. The van der Waals surface area contributed by atoms with E-state index in [-0.39, 0.29) is 23.6 Å². The first kappa shape index (κ1) is 16.5. The van der Waals surface area contributed by atoms with Crippen molar-refractivity contribution in [1.29, 1.82) is 5.26 Å². The Kier molecular flexibility index (Phi) is 4.50. The second-order valence-electron chi connectivity index (χ2n) is 6.33. The average molecular weight is 350 g/mol. The second-order valence-corrected chi connectivity index (χ2v) is 6.33. The van der Waals surface area contributed by atoms with Crippen molar-refractivity contribution in [3.05, 3.63) is 53.5 Å². The first-order chi connectivity index (χ1) is 12.8. The number of nitriles is 1. The number of hydrogen-bond donors (Lipinski definition) is 0. The number of hydrogen-bond acceptors (Lipinski definition) is 6. The van der Waals surface area contributed by atoms with E-state index in [1.54, 1.807) is 4.90 Å². The molecule has 7 heteroatoms. The summed E-state index contributed by atoms with van der Waals surface area (Å²) in [7, 11) is 0. The Bertz CT molecular complexity index is 864. The number of rotatable bonds is 3. The summed E-state index contributed by atoms with van der Waals surface area (Å²) in [6.07, 6.45) is 3.69. The smallest absolute Gasteiger partial charge is 0.256 e.